The van der Waals surface area contributed by atoms with Crippen LogP contribution in [0.1, 0.15) is 96.8 Å². The molecule has 0 aromatic carbocycles. The minimum absolute atomic E-state index is 0.542. The molecule has 2 heteroatoms. The average Bonchev–Trinajstić information content (AvgIpc) is 2.73. The van der Waals surface area contributed by atoms with Crippen LogP contribution in [0.15, 0.2) is 36.2 Å². The number of nitriles is 1. The lowest BCUT2D eigenvalue weighted by Crippen LogP contribution is -2.14. The fraction of sp³-hybridized carbons (Fsp3) is 0.731. The molecule has 0 saturated heterocycles. The first-order valence-electron chi connectivity index (χ1n) is 11.8. The fourth-order valence-electron chi connectivity index (χ4n) is 4.88. The predicted molar refractivity (Wildman–Crippen MR) is 117 cm³/mol. The first-order valence-corrected chi connectivity index (χ1v) is 11.8. The van der Waals surface area contributed by atoms with Gasteiger partial charge >= 0.3 is 0 Å². The number of unbranched alkanes of at least 4 members (excludes halogenated alkanes) is 4. The zero-order chi connectivity index (χ0) is 20.0. The van der Waals surface area contributed by atoms with Crippen molar-refractivity contribution in [3.05, 3.63) is 36.2 Å². The summed E-state index contributed by atoms with van der Waals surface area (Å²) in [5.74, 6) is 2.37. The fourth-order valence-corrected chi connectivity index (χ4v) is 4.88. The van der Waals surface area contributed by atoms with E-state index in [-0.39, 0.29) is 0 Å². The van der Waals surface area contributed by atoms with Gasteiger partial charge in [0.2, 0.25) is 0 Å². The zero-order valence-corrected chi connectivity index (χ0v) is 17.9. The molecule has 2 aliphatic carbocycles. The summed E-state index contributed by atoms with van der Waals surface area (Å²) >= 11 is 0. The highest BCUT2D eigenvalue weighted by atomic mass is 19.1. The third-order valence-electron chi connectivity index (χ3n) is 6.81. The Labute approximate surface area is 172 Å². The summed E-state index contributed by atoms with van der Waals surface area (Å²) in [6.07, 6.45) is 29.1. The van der Waals surface area contributed by atoms with Crippen molar-refractivity contribution in [2.45, 2.75) is 96.8 Å². The van der Waals surface area contributed by atoms with Gasteiger partial charge in [-0.15, -0.1) is 0 Å². The van der Waals surface area contributed by atoms with Crippen LogP contribution in [0.4, 0.5) is 4.39 Å². The Bertz CT molecular complexity index is 537. The van der Waals surface area contributed by atoms with Gasteiger partial charge in [-0.05, 0) is 81.1 Å². The van der Waals surface area contributed by atoms with Crippen molar-refractivity contribution in [3.63, 3.8) is 0 Å². The van der Waals surface area contributed by atoms with Crippen molar-refractivity contribution in [1.82, 2.24) is 0 Å². The average molecular weight is 386 g/mol. The molecule has 2 aliphatic rings. The monoisotopic (exact) mass is 385 g/mol. The highest BCUT2D eigenvalue weighted by molar-refractivity contribution is 5.19. The maximum Gasteiger partial charge on any atom is 0.199 e. The Morgan fingerprint density at radius 2 is 1.36 bits per heavy atom. The lowest BCUT2D eigenvalue weighted by molar-refractivity contribution is 0.287. The van der Waals surface area contributed by atoms with E-state index in [9.17, 15) is 4.39 Å². The molecule has 2 rings (SSSR count). The second-order valence-corrected chi connectivity index (χ2v) is 9.05. The van der Waals surface area contributed by atoms with Crippen molar-refractivity contribution in [2.75, 3.05) is 0 Å². The van der Waals surface area contributed by atoms with E-state index in [1.165, 1.54) is 102 Å². The quantitative estimate of drug-likeness (QED) is 0.160. The molecular weight excluding hydrogens is 345 g/mol. The zero-order valence-electron chi connectivity index (χ0n) is 17.9. The smallest absolute Gasteiger partial charge is 0.195 e. The number of hydrogen-bond donors (Lipinski definition) is 0. The summed E-state index contributed by atoms with van der Waals surface area (Å²) in [5.41, 5.74) is 0. The van der Waals surface area contributed by atoms with E-state index in [1.807, 2.05) is 0 Å². The van der Waals surface area contributed by atoms with Gasteiger partial charge in [0.15, 0.2) is 5.83 Å². The highest BCUT2D eigenvalue weighted by Crippen LogP contribution is 2.35. The summed E-state index contributed by atoms with van der Waals surface area (Å²) in [7, 11) is 0. The maximum atomic E-state index is 12.8. The van der Waals surface area contributed by atoms with Crippen LogP contribution in [0.3, 0.4) is 0 Å². The molecule has 28 heavy (non-hydrogen) atoms. The summed E-state index contributed by atoms with van der Waals surface area (Å²) in [5, 5.41) is 8.42. The Morgan fingerprint density at radius 3 is 1.93 bits per heavy atom. The molecule has 0 aliphatic heterocycles. The van der Waals surface area contributed by atoms with E-state index in [0.29, 0.717) is 5.92 Å². The van der Waals surface area contributed by atoms with E-state index < -0.39 is 5.83 Å². The highest BCUT2D eigenvalue weighted by Gasteiger charge is 2.21. The van der Waals surface area contributed by atoms with E-state index >= 15 is 0 Å². The number of hydrogen-bond acceptors (Lipinski definition) is 1. The van der Waals surface area contributed by atoms with E-state index in [1.54, 1.807) is 6.08 Å². The number of nitrogens with zero attached hydrogens (tertiary/aromatic N) is 1. The van der Waals surface area contributed by atoms with E-state index in [4.69, 9.17) is 5.26 Å². The van der Waals surface area contributed by atoms with E-state index in [0.717, 1.165) is 17.8 Å². The molecule has 1 nitrogen and oxygen atoms in total. The molecular formula is C26H40FN. The Kier molecular flexibility index (Phi) is 11.3. The minimum Gasteiger partial charge on any atom is -0.195 e. The number of halogens is 1. The largest absolute Gasteiger partial charge is 0.199 e. The van der Waals surface area contributed by atoms with Crippen LogP contribution < -0.4 is 0 Å². The molecule has 0 radical (unpaired) electrons. The molecule has 0 aromatic heterocycles. The summed E-state index contributed by atoms with van der Waals surface area (Å²) < 4.78 is 12.8. The number of rotatable bonds is 10. The minimum atomic E-state index is -0.709. The molecule has 0 heterocycles. The van der Waals surface area contributed by atoms with Crippen molar-refractivity contribution < 1.29 is 4.39 Å². The van der Waals surface area contributed by atoms with Crippen molar-refractivity contribution in [2.24, 2.45) is 23.7 Å². The van der Waals surface area contributed by atoms with Gasteiger partial charge in [-0.1, -0.05) is 69.8 Å². The molecule has 0 amide bonds. The lowest BCUT2D eigenvalue weighted by Gasteiger charge is -2.28. The SMILES string of the molecule is CCCCCCC[C@H]1CC[C@H](/C=C/C2CCC(C=CC=C(F)C#N)CC2)CC1. The molecule has 2 saturated carbocycles. The molecule has 156 valence electrons. The van der Waals surface area contributed by atoms with Gasteiger partial charge in [0.25, 0.3) is 0 Å². The Balaban J connectivity index is 1.58. The van der Waals surface area contributed by atoms with Gasteiger partial charge < -0.3 is 0 Å². The third kappa shape index (κ3) is 9.22. The van der Waals surface area contributed by atoms with Gasteiger partial charge in [-0.2, -0.15) is 9.65 Å². The molecule has 2 fully saturated rings. The normalized spacial score (nSPS) is 29.4. The molecule has 0 atom stereocenters. The van der Waals surface area contributed by atoms with Crippen LogP contribution in [0.2, 0.25) is 0 Å². The Morgan fingerprint density at radius 1 is 0.821 bits per heavy atom. The topological polar surface area (TPSA) is 23.8 Å². The summed E-state index contributed by atoms with van der Waals surface area (Å²) in [6, 6.07) is 1.51. The van der Waals surface area contributed by atoms with Crippen LogP contribution in [0.5, 0.6) is 0 Å². The first kappa shape index (κ1) is 22.9. The van der Waals surface area contributed by atoms with Crippen LogP contribution >= 0.6 is 0 Å². The lowest BCUT2D eigenvalue weighted by atomic mass is 9.78. The van der Waals surface area contributed by atoms with Gasteiger partial charge in [0.1, 0.15) is 6.07 Å². The van der Waals surface area contributed by atoms with Crippen LogP contribution in [-0.4, -0.2) is 0 Å². The second kappa shape index (κ2) is 13.8. The standard InChI is InChI=1S/C26H40FN/c1-2-3-4-5-6-8-22-11-15-24(16-12-22)19-20-25-17-13-23(14-18-25)9-7-10-26(27)21-28/h7,9-10,19-20,22-25H,2-6,8,11-18H2,1H3/b9-7?,20-19+,26-10?/t22-,23?,24-,25?. The van der Waals surface area contributed by atoms with Crippen molar-refractivity contribution in [1.29, 1.82) is 5.26 Å². The molecule has 0 bridgehead atoms. The van der Waals surface area contributed by atoms with E-state index in [2.05, 4.69) is 25.2 Å². The maximum absolute atomic E-state index is 12.8. The first-order chi connectivity index (χ1) is 13.7. The van der Waals surface area contributed by atoms with Gasteiger partial charge in [-0.3, -0.25) is 0 Å². The second-order valence-electron chi connectivity index (χ2n) is 9.05. The summed E-state index contributed by atoms with van der Waals surface area (Å²) in [6.45, 7) is 2.29. The van der Waals surface area contributed by atoms with Crippen LogP contribution in [0.25, 0.3) is 0 Å². The molecule has 0 spiro atoms. The van der Waals surface area contributed by atoms with Gasteiger partial charge in [-0.25, -0.2) is 0 Å². The Hall–Kier alpha value is -1.36. The molecule has 0 unspecified atom stereocenters. The van der Waals surface area contributed by atoms with Gasteiger partial charge in [0.05, 0.1) is 0 Å². The van der Waals surface area contributed by atoms with Gasteiger partial charge in [0, 0.05) is 0 Å². The third-order valence-corrected chi connectivity index (χ3v) is 6.81. The van der Waals surface area contributed by atoms with Crippen LogP contribution in [0, 0.1) is 35.0 Å². The molecule has 0 aromatic rings. The van der Waals surface area contributed by atoms with Crippen LogP contribution in [-0.2, 0) is 0 Å². The van der Waals surface area contributed by atoms with Crippen molar-refractivity contribution >= 4 is 0 Å². The summed E-state index contributed by atoms with van der Waals surface area (Å²) in [4.78, 5) is 0. The molecule has 0 N–H and O–H groups in total. The number of allylic oxidation sites excluding steroid dienone is 6. The predicted octanol–water partition coefficient (Wildman–Crippen LogP) is 8.45. The van der Waals surface area contributed by atoms with Crippen molar-refractivity contribution in [3.8, 4) is 6.07 Å².